The first-order valence-corrected chi connectivity index (χ1v) is 15.3. The average molecular weight is 690 g/mol. The van der Waals surface area contributed by atoms with Gasteiger partial charge in [0.05, 0.1) is 78.3 Å². The lowest BCUT2D eigenvalue weighted by molar-refractivity contribution is -0.199. The zero-order valence-electron chi connectivity index (χ0n) is 26.9. The Kier molecular flexibility index (Phi) is 15.9. The molecule has 3 aromatic heterocycles. The molecule has 19 heteroatoms. The summed E-state index contributed by atoms with van der Waals surface area (Å²) in [5.74, 6) is -3.02. The maximum atomic E-state index is 13.2. The number of aliphatic hydroxyl groups is 1. The number of imidazole rings is 1. The molecule has 0 saturated heterocycles. The Morgan fingerprint density at radius 2 is 1.62 bits per heavy atom. The van der Waals surface area contributed by atoms with Crippen LogP contribution < -0.4 is 21.0 Å². The van der Waals surface area contributed by atoms with E-state index in [0.717, 1.165) is 16.7 Å². The van der Waals surface area contributed by atoms with Gasteiger partial charge in [0.15, 0.2) is 17.0 Å². The third-order valence-electron chi connectivity index (χ3n) is 6.50. The second kappa shape index (κ2) is 19.8. The number of rotatable bonds is 23. The normalized spacial score (nSPS) is 11.9. The van der Waals surface area contributed by atoms with Crippen molar-refractivity contribution in [3.05, 3.63) is 40.1 Å². The number of pyridine rings is 1. The molecule has 0 aliphatic rings. The van der Waals surface area contributed by atoms with Crippen LogP contribution in [0.5, 0.6) is 6.01 Å². The van der Waals surface area contributed by atoms with E-state index < -0.39 is 29.2 Å². The van der Waals surface area contributed by atoms with Crippen molar-refractivity contribution in [1.82, 2.24) is 29.1 Å². The van der Waals surface area contributed by atoms with Crippen molar-refractivity contribution in [1.29, 1.82) is 0 Å². The van der Waals surface area contributed by atoms with Crippen LogP contribution in [0.3, 0.4) is 0 Å². The zero-order chi connectivity index (χ0) is 34.9. The van der Waals surface area contributed by atoms with E-state index in [1.54, 1.807) is 12.1 Å². The van der Waals surface area contributed by atoms with Crippen LogP contribution in [0.1, 0.15) is 31.0 Å². The van der Waals surface area contributed by atoms with Gasteiger partial charge in [0, 0.05) is 19.3 Å². The highest BCUT2D eigenvalue weighted by Gasteiger charge is 2.43. The quantitative estimate of drug-likeness (QED) is 0.133. The second-order valence-corrected chi connectivity index (χ2v) is 10.4. The number of halogens is 3. The lowest BCUT2D eigenvalue weighted by Crippen LogP contribution is -2.39. The summed E-state index contributed by atoms with van der Waals surface area (Å²) in [5.41, 5.74) is 5.47. The molecule has 0 fully saturated rings. The largest absolute Gasteiger partial charge is 0.493 e. The van der Waals surface area contributed by atoms with Crippen molar-refractivity contribution in [3.63, 3.8) is 0 Å². The Bertz CT molecular complexity index is 1470. The highest BCUT2D eigenvalue weighted by molar-refractivity contribution is 5.84. The molecule has 48 heavy (non-hydrogen) atoms. The van der Waals surface area contributed by atoms with Gasteiger partial charge in [-0.25, -0.2) is 9.59 Å². The smallest absolute Gasteiger partial charge is 0.463 e. The number of aromatic nitrogens is 5. The van der Waals surface area contributed by atoms with Gasteiger partial charge in [-0.3, -0.25) is 14.5 Å². The summed E-state index contributed by atoms with van der Waals surface area (Å²) >= 11 is 0. The van der Waals surface area contributed by atoms with Crippen LogP contribution >= 0.6 is 0 Å². The lowest BCUT2D eigenvalue weighted by atomic mass is 10.2. The average Bonchev–Trinajstić information content (AvgIpc) is 3.30. The predicted octanol–water partition coefficient (Wildman–Crippen LogP) is 0.805. The Morgan fingerprint density at radius 1 is 0.979 bits per heavy atom. The molecule has 0 aliphatic heterocycles. The number of fused-ring (bicyclic) bond motifs is 1. The van der Waals surface area contributed by atoms with Gasteiger partial charge in [0.25, 0.3) is 0 Å². The Morgan fingerprint density at radius 3 is 2.21 bits per heavy atom. The number of likely N-dealkylation sites (N-methyl/N-ethyl adjacent to an activating group) is 1. The number of unbranched alkanes of at least 4 members (excludes halogenated alkanes) is 1. The number of carbonyl (C=O) groups is 1. The third kappa shape index (κ3) is 12.3. The van der Waals surface area contributed by atoms with E-state index in [9.17, 15) is 22.8 Å². The molecule has 0 saturated carbocycles. The Labute approximate surface area is 274 Å². The molecular weight excluding hydrogens is 647 g/mol. The molecule has 0 atom stereocenters. The van der Waals surface area contributed by atoms with E-state index in [1.807, 2.05) is 18.9 Å². The number of anilines is 1. The molecule has 3 N–H and O–H groups in total. The topological polar surface area (TPSA) is 188 Å². The second-order valence-electron chi connectivity index (χ2n) is 10.4. The Balaban J connectivity index is 1.54. The zero-order valence-corrected chi connectivity index (χ0v) is 26.9. The molecule has 16 nitrogen and oxygen atoms in total. The number of ether oxygens (including phenoxy) is 5. The van der Waals surface area contributed by atoms with Gasteiger partial charge in [-0.2, -0.15) is 23.1 Å². The van der Waals surface area contributed by atoms with Crippen LogP contribution in [0.15, 0.2) is 23.1 Å². The summed E-state index contributed by atoms with van der Waals surface area (Å²) in [6.45, 7) is 6.45. The maximum Gasteiger partial charge on any atom is 0.493 e. The summed E-state index contributed by atoms with van der Waals surface area (Å²) in [5, 5.41) is 8.62. The minimum atomic E-state index is -5.37. The standard InChI is InChI=1S/C29H42F3N7O9/c1-3-4-9-47-27-35-24(33)23-25(36-27)38(28(42)39(23)48-26(41)29(30,31)32)19-21-5-6-22(34-18-21)20-37(2)7-10-43-12-14-45-16-17-46-15-13-44-11-8-40/h5-6,18,40H,3-4,7-17,19-20H2,1-2H3,(H2,33,35,36). The molecule has 3 heterocycles. The number of alkyl halides is 3. The van der Waals surface area contributed by atoms with E-state index >= 15 is 0 Å². The highest BCUT2D eigenvalue weighted by Crippen LogP contribution is 2.22. The molecule has 3 aromatic rings. The molecule has 0 unspecified atom stereocenters. The van der Waals surface area contributed by atoms with Crippen LogP contribution in [0, 0.1) is 0 Å². The van der Waals surface area contributed by atoms with E-state index in [4.69, 9.17) is 34.5 Å². The van der Waals surface area contributed by atoms with Gasteiger partial charge in [0.1, 0.15) is 0 Å². The van der Waals surface area contributed by atoms with Gasteiger partial charge in [0.2, 0.25) is 0 Å². The number of hydrogen-bond acceptors (Lipinski definition) is 14. The third-order valence-corrected chi connectivity index (χ3v) is 6.50. The number of aliphatic hydroxyl groups excluding tert-OH is 1. The summed E-state index contributed by atoms with van der Waals surface area (Å²) in [4.78, 5) is 43.7. The number of nitrogen functional groups attached to an aromatic ring is 1. The fourth-order valence-corrected chi connectivity index (χ4v) is 4.08. The van der Waals surface area contributed by atoms with Gasteiger partial charge >= 0.3 is 23.8 Å². The van der Waals surface area contributed by atoms with Crippen LogP contribution in [0.2, 0.25) is 0 Å². The van der Waals surface area contributed by atoms with Crippen molar-refractivity contribution >= 4 is 23.0 Å². The van der Waals surface area contributed by atoms with E-state index in [-0.39, 0.29) is 36.1 Å². The monoisotopic (exact) mass is 689 g/mol. The maximum absolute atomic E-state index is 13.2. The summed E-state index contributed by atoms with van der Waals surface area (Å²) < 4.78 is 67.0. The van der Waals surface area contributed by atoms with Crippen molar-refractivity contribution < 1.29 is 51.6 Å². The summed E-state index contributed by atoms with van der Waals surface area (Å²) in [7, 11) is 1.90. The van der Waals surface area contributed by atoms with Gasteiger partial charge in [-0.05, 0) is 25.1 Å². The van der Waals surface area contributed by atoms with Crippen LogP contribution in [0.4, 0.5) is 19.0 Å². The van der Waals surface area contributed by atoms with Gasteiger partial charge in [-0.15, -0.1) is 4.73 Å². The van der Waals surface area contributed by atoms with Crippen molar-refractivity contribution in [2.75, 3.05) is 85.4 Å². The van der Waals surface area contributed by atoms with Gasteiger partial charge < -0.3 is 39.4 Å². The molecule has 3 rings (SSSR count). The first-order chi connectivity index (χ1) is 23.0. The molecule has 0 aromatic carbocycles. The molecule has 0 amide bonds. The van der Waals surface area contributed by atoms with Gasteiger partial charge in [-0.1, -0.05) is 19.4 Å². The van der Waals surface area contributed by atoms with Crippen molar-refractivity contribution in [2.24, 2.45) is 0 Å². The molecule has 268 valence electrons. The molecule has 0 aliphatic carbocycles. The molecule has 0 spiro atoms. The van der Waals surface area contributed by atoms with Crippen LogP contribution in [-0.4, -0.2) is 126 Å². The predicted molar refractivity (Wildman–Crippen MR) is 164 cm³/mol. The highest BCUT2D eigenvalue weighted by atomic mass is 19.4. The number of hydrogen-bond donors (Lipinski definition) is 2. The fourth-order valence-electron chi connectivity index (χ4n) is 4.08. The van der Waals surface area contributed by atoms with Crippen molar-refractivity contribution in [2.45, 2.75) is 39.0 Å². The summed E-state index contributed by atoms with van der Waals surface area (Å²) in [6.07, 6.45) is -2.36. The fraction of sp³-hybridized carbons (Fsp3) is 0.621. The number of carbonyl (C=O) groups excluding carboxylic acids is 1. The number of nitrogens with two attached hydrogens (primary N) is 1. The van der Waals surface area contributed by atoms with E-state index in [1.165, 1.54) is 6.20 Å². The molecular formula is C29H42F3N7O9. The molecule has 0 bridgehead atoms. The van der Waals surface area contributed by atoms with E-state index in [2.05, 4.69) is 19.8 Å². The molecule has 0 radical (unpaired) electrons. The van der Waals surface area contributed by atoms with Crippen molar-refractivity contribution in [3.8, 4) is 6.01 Å². The summed E-state index contributed by atoms with van der Waals surface area (Å²) in [6, 6.07) is 3.27. The lowest BCUT2D eigenvalue weighted by Gasteiger charge is -2.16. The SMILES string of the molecule is CCCCOc1nc(N)c2c(n1)n(Cc1ccc(CN(C)CCOCCOCCOCCOCCO)nc1)c(=O)n2OC(=O)C(F)(F)F. The number of nitrogens with zero attached hydrogens (tertiary/aromatic N) is 6. The first-order valence-electron chi connectivity index (χ1n) is 15.3. The minimum absolute atomic E-state index is 0.0159. The van der Waals surface area contributed by atoms with E-state index in [0.29, 0.717) is 77.9 Å². The Hall–Kier alpha value is -3.88. The van der Waals surface area contributed by atoms with Crippen LogP contribution in [0.25, 0.3) is 11.2 Å². The van der Waals surface area contributed by atoms with Crippen LogP contribution in [-0.2, 0) is 36.8 Å². The first kappa shape index (κ1) is 38.6. The minimum Gasteiger partial charge on any atom is -0.463 e.